The average Bonchev–Trinajstić information content (AvgIpc) is 2.39. The summed E-state index contributed by atoms with van der Waals surface area (Å²) in [6.45, 7) is 0. The predicted molar refractivity (Wildman–Crippen MR) is 77.7 cm³/mol. The minimum atomic E-state index is -0.546. The maximum absolute atomic E-state index is 11.3. The lowest BCUT2D eigenvalue weighted by atomic mass is 10.1. The van der Waals surface area contributed by atoms with Crippen LogP contribution in [-0.2, 0) is 0 Å². The normalized spacial score (nSPS) is 10.2. The molecule has 2 aromatic rings. The largest absolute Gasteiger partial charge is 0.456 e. The van der Waals surface area contributed by atoms with Crippen molar-refractivity contribution in [2.75, 3.05) is 12.0 Å². The van der Waals surface area contributed by atoms with Crippen LogP contribution in [0.1, 0.15) is 10.4 Å². The summed E-state index contributed by atoms with van der Waals surface area (Å²) in [5, 5.41) is 0. The van der Waals surface area contributed by atoms with Gasteiger partial charge in [-0.3, -0.25) is 4.79 Å². The third-order valence-electron chi connectivity index (χ3n) is 2.56. The van der Waals surface area contributed by atoms with Crippen LogP contribution in [0.3, 0.4) is 0 Å². The van der Waals surface area contributed by atoms with Crippen LogP contribution >= 0.6 is 11.8 Å². The highest BCUT2D eigenvalue weighted by Crippen LogP contribution is 2.28. The maximum atomic E-state index is 11.3. The zero-order valence-corrected chi connectivity index (χ0v) is 11.2. The van der Waals surface area contributed by atoms with Crippen molar-refractivity contribution >= 4 is 23.4 Å². The number of rotatable bonds is 4. The molecule has 0 fully saturated rings. The molecule has 2 rings (SSSR count). The van der Waals surface area contributed by atoms with E-state index >= 15 is 0 Å². The van der Waals surface area contributed by atoms with Crippen molar-refractivity contribution in [3.63, 3.8) is 0 Å². The van der Waals surface area contributed by atoms with Crippen molar-refractivity contribution in [1.82, 2.24) is 0 Å². The SMILES string of the molecule is CSc1ccc(Oc2cc(N)ccc2C(N)=O)cc1. The Hall–Kier alpha value is -2.14. The van der Waals surface area contributed by atoms with Crippen molar-refractivity contribution in [1.29, 1.82) is 0 Å². The first-order valence-corrected chi connectivity index (χ1v) is 6.84. The number of hydrogen-bond acceptors (Lipinski definition) is 4. The molecule has 2 aromatic carbocycles. The Morgan fingerprint density at radius 1 is 1.16 bits per heavy atom. The third-order valence-corrected chi connectivity index (χ3v) is 3.30. The molecule has 0 radical (unpaired) electrons. The fourth-order valence-electron chi connectivity index (χ4n) is 1.60. The Kier molecular flexibility index (Phi) is 3.97. The van der Waals surface area contributed by atoms with Gasteiger partial charge >= 0.3 is 0 Å². The Labute approximate surface area is 115 Å². The molecule has 0 aromatic heterocycles. The van der Waals surface area contributed by atoms with E-state index in [-0.39, 0.29) is 0 Å². The van der Waals surface area contributed by atoms with Gasteiger partial charge in [0.2, 0.25) is 0 Å². The summed E-state index contributed by atoms with van der Waals surface area (Å²) in [6, 6.07) is 12.3. The minimum absolute atomic E-state index is 0.308. The average molecular weight is 274 g/mol. The number of amides is 1. The third kappa shape index (κ3) is 3.20. The van der Waals surface area contributed by atoms with Crippen LogP contribution in [0.5, 0.6) is 11.5 Å². The molecular weight excluding hydrogens is 260 g/mol. The van der Waals surface area contributed by atoms with E-state index in [0.717, 1.165) is 4.90 Å². The number of ether oxygens (including phenoxy) is 1. The van der Waals surface area contributed by atoms with Crippen LogP contribution < -0.4 is 16.2 Å². The standard InChI is InChI=1S/C14H14N2O2S/c1-19-11-5-3-10(4-6-11)18-13-8-9(15)2-7-12(13)14(16)17/h2-8H,15H2,1H3,(H2,16,17). The van der Waals surface area contributed by atoms with E-state index in [0.29, 0.717) is 22.7 Å². The summed E-state index contributed by atoms with van der Waals surface area (Å²) >= 11 is 1.64. The number of thioether (sulfide) groups is 1. The van der Waals surface area contributed by atoms with Crippen LogP contribution in [0.2, 0.25) is 0 Å². The van der Waals surface area contributed by atoms with Gasteiger partial charge in [0.1, 0.15) is 11.5 Å². The molecule has 0 atom stereocenters. The first-order chi connectivity index (χ1) is 9.10. The van der Waals surface area contributed by atoms with Crippen LogP contribution in [0, 0.1) is 0 Å². The minimum Gasteiger partial charge on any atom is -0.456 e. The van der Waals surface area contributed by atoms with Gasteiger partial charge in [0, 0.05) is 16.6 Å². The van der Waals surface area contributed by atoms with Crippen molar-refractivity contribution in [3.8, 4) is 11.5 Å². The molecule has 0 saturated carbocycles. The molecule has 0 spiro atoms. The number of hydrogen-bond donors (Lipinski definition) is 2. The monoisotopic (exact) mass is 274 g/mol. The highest BCUT2D eigenvalue weighted by Gasteiger charge is 2.10. The number of carbonyl (C=O) groups is 1. The first kappa shape index (κ1) is 13.3. The Morgan fingerprint density at radius 3 is 2.42 bits per heavy atom. The Morgan fingerprint density at radius 2 is 1.84 bits per heavy atom. The second-order valence-electron chi connectivity index (χ2n) is 3.90. The van der Waals surface area contributed by atoms with E-state index in [4.69, 9.17) is 16.2 Å². The lowest BCUT2D eigenvalue weighted by Crippen LogP contribution is -2.12. The molecule has 0 aliphatic rings. The van der Waals surface area contributed by atoms with E-state index in [1.807, 2.05) is 30.5 Å². The molecule has 4 nitrogen and oxygen atoms in total. The summed E-state index contributed by atoms with van der Waals surface area (Å²) in [6.07, 6.45) is 2.00. The second kappa shape index (κ2) is 5.67. The summed E-state index contributed by atoms with van der Waals surface area (Å²) in [5.74, 6) is 0.450. The Bertz CT molecular complexity index is 597. The molecule has 5 heteroatoms. The van der Waals surface area contributed by atoms with E-state index in [9.17, 15) is 4.79 Å². The molecule has 0 unspecified atom stereocenters. The molecule has 19 heavy (non-hydrogen) atoms. The van der Waals surface area contributed by atoms with Gasteiger partial charge in [0.05, 0.1) is 5.56 Å². The highest BCUT2D eigenvalue weighted by molar-refractivity contribution is 7.98. The molecule has 0 heterocycles. The fourth-order valence-corrected chi connectivity index (χ4v) is 2.01. The van der Waals surface area contributed by atoms with Gasteiger partial charge in [-0.1, -0.05) is 0 Å². The number of nitrogens with two attached hydrogens (primary N) is 2. The van der Waals surface area contributed by atoms with Crippen molar-refractivity contribution in [3.05, 3.63) is 48.0 Å². The highest BCUT2D eigenvalue weighted by atomic mass is 32.2. The first-order valence-electron chi connectivity index (χ1n) is 5.61. The van der Waals surface area contributed by atoms with E-state index in [1.165, 1.54) is 0 Å². The predicted octanol–water partition coefficient (Wildman–Crippen LogP) is 2.88. The van der Waals surface area contributed by atoms with Crippen LogP contribution in [0.4, 0.5) is 5.69 Å². The number of benzene rings is 2. The van der Waals surface area contributed by atoms with Crippen LogP contribution in [0.25, 0.3) is 0 Å². The zero-order valence-electron chi connectivity index (χ0n) is 10.4. The van der Waals surface area contributed by atoms with E-state index in [2.05, 4.69) is 0 Å². The van der Waals surface area contributed by atoms with Crippen molar-refractivity contribution < 1.29 is 9.53 Å². The zero-order chi connectivity index (χ0) is 13.8. The molecular formula is C14H14N2O2S. The van der Waals surface area contributed by atoms with Crippen molar-refractivity contribution in [2.45, 2.75) is 4.90 Å². The quantitative estimate of drug-likeness (QED) is 0.663. The molecule has 0 aliphatic heterocycles. The van der Waals surface area contributed by atoms with Gasteiger partial charge in [-0.2, -0.15) is 0 Å². The maximum Gasteiger partial charge on any atom is 0.252 e. The van der Waals surface area contributed by atoms with Crippen molar-refractivity contribution in [2.24, 2.45) is 5.73 Å². The Balaban J connectivity index is 2.31. The number of carbonyl (C=O) groups excluding carboxylic acids is 1. The summed E-state index contributed by atoms with van der Waals surface area (Å²) in [7, 11) is 0. The number of primary amides is 1. The molecule has 0 saturated heterocycles. The molecule has 1 amide bonds. The van der Waals surface area contributed by atoms with Gasteiger partial charge in [0.15, 0.2) is 0 Å². The smallest absolute Gasteiger partial charge is 0.252 e. The number of nitrogen functional groups attached to an aromatic ring is 1. The van der Waals surface area contributed by atoms with Gasteiger partial charge in [-0.25, -0.2) is 0 Å². The van der Waals surface area contributed by atoms with Crippen LogP contribution in [0.15, 0.2) is 47.4 Å². The van der Waals surface area contributed by atoms with Crippen LogP contribution in [-0.4, -0.2) is 12.2 Å². The second-order valence-corrected chi connectivity index (χ2v) is 4.78. The van der Waals surface area contributed by atoms with Gasteiger partial charge in [0.25, 0.3) is 5.91 Å². The molecule has 4 N–H and O–H groups in total. The van der Waals surface area contributed by atoms with Gasteiger partial charge in [-0.15, -0.1) is 11.8 Å². The molecule has 0 bridgehead atoms. The topological polar surface area (TPSA) is 78.3 Å². The lowest BCUT2D eigenvalue weighted by molar-refractivity contribution is 0.0998. The lowest BCUT2D eigenvalue weighted by Gasteiger charge is -2.10. The summed E-state index contributed by atoms with van der Waals surface area (Å²) < 4.78 is 5.66. The van der Waals surface area contributed by atoms with E-state index < -0.39 is 5.91 Å². The number of anilines is 1. The van der Waals surface area contributed by atoms with E-state index in [1.54, 1.807) is 30.0 Å². The molecule has 98 valence electrons. The summed E-state index contributed by atoms with van der Waals surface area (Å²) in [5.41, 5.74) is 11.8. The summed E-state index contributed by atoms with van der Waals surface area (Å²) in [4.78, 5) is 12.5. The van der Waals surface area contributed by atoms with Gasteiger partial charge in [-0.05, 0) is 42.7 Å². The molecule has 0 aliphatic carbocycles. The van der Waals surface area contributed by atoms with Gasteiger partial charge < -0.3 is 16.2 Å². The fraction of sp³-hybridized carbons (Fsp3) is 0.0714.